The molecule has 1 aromatic heterocycles. The summed E-state index contributed by atoms with van der Waals surface area (Å²) >= 11 is 0. The lowest BCUT2D eigenvalue weighted by Crippen LogP contribution is -2.05. The van der Waals surface area contributed by atoms with Crippen molar-refractivity contribution in [2.45, 2.75) is 39.7 Å². The van der Waals surface area contributed by atoms with Crippen LogP contribution in [0.25, 0.3) is 11.3 Å². The molecule has 1 aromatic carbocycles. The van der Waals surface area contributed by atoms with E-state index in [1.165, 1.54) is 17.5 Å². The van der Waals surface area contributed by atoms with Crippen molar-refractivity contribution in [2.75, 3.05) is 0 Å². The van der Waals surface area contributed by atoms with Crippen molar-refractivity contribution < 1.29 is 0 Å². The summed E-state index contributed by atoms with van der Waals surface area (Å²) in [6.45, 7) is 6.99. The van der Waals surface area contributed by atoms with Crippen molar-refractivity contribution in [1.29, 1.82) is 0 Å². The molecule has 0 radical (unpaired) electrons. The lowest BCUT2D eigenvalue weighted by molar-refractivity contribution is 0.733. The summed E-state index contributed by atoms with van der Waals surface area (Å²) < 4.78 is 2.09. The molecule has 0 fully saturated rings. The van der Waals surface area contributed by atoms with Gasteiger partial charge in [0.2, 0.25) is 0 Å². The van der Waals surface area contributed by atoms with Crippen LogP contribution in [0, 0.1) is 6.92 Å². The van der Waals surface area contributed by atoms with Gasteiger partial charge in [0.25, 0.3) is 0 Å². The van der Waals surface area contributed by atoms with E-state index in [4.69, 9.17) is 5.73 Å². The number of aromatic nitrogens is 2. The summed E-state index contributed by atoms with van der Waals surface area (Å²) in [4.78, 5) is 4.52. The summed E-state index contributed by atoms with van der Waals surface area (Å²) in [5.41, 5.74) is 10.5. The van der Waals surface area contributed by atoms with E-state index in [0.29, 0.717) is 12.5 Å². The van der Waals surface area contributed by atoms with Crippen molar-refractivity contribution in [3.8, 4) is 11.3 Å². The first-order valence-electron chi connectivity index (χ1n) is 6.91. The minimum atomic E-state index is 0.474. The van der Waals surface area contributed by atoms with Crippen LogP contribution in [0.2, 0.25) is 0 Å². The standard InChI is InChI=1S/C16H23N3/c1-5-11(2)13-6-8-14(9-7-13)16-12(3)18-15(10-17)19(16)4/h6-9,11H,5,10,17H2,1-4H3. The largest absolute Gasteiger partial charge is 0.330 e. The van der Waals surface area contributed by atoms with E-state index >= 15 is 0 Å². The molecule has 0 saturated heterocycles. The average Bonchev–Trinajstić information content (AvgIpc) is 2.72. The van der Waals surface area contributed by atoms with Gasteiger partial charge in [0.1, 0.15) is 5.82 Å². The maximum Gasteiger partial charge on any atom is 0.122 e. The van der Waals surface area contributed by atoms with Gasteiger partial charge in [-0.25, -0.2) is 4.98 Å². The number of rotatable bonds is 4. The van der Waals surface area contributed by atoms with E-state index < -0.39 is 0 Å². The van der Waals surface area contributed by atoms with Gasteiger partial charge in [-0.15, -0.1) is 0 Å². The van der Waals surface area contributed by atoms with Crippen molar-refractivity contribution in [3.63, 3.8) is 0 Å². The van der Waals surface area contributed by atoms with Gasteiger partial charge in [-0.1, -0.05) is 38.1 Å². The van der Waals surface area contributed by atoms with E-state index in [-0.39, 0.29) is 0 Å². The summed E-state index contributed by atoms with van der Waals surface area (Å²) in [7, 11) is 2.03. The van der Waals surface area contributed by atoms with Crippen LogP contribution in [-0.4, -0.2) is 9.55 Å². The molecule has 0 bridgehead atoms. The number of nitrogens with two attached hydrogens (primary N) is 1. The van der Waals surface area contributed by atoms with Gasteiger partial charge in [-0.2, -0.15) is 0 Å². The molecule has 3 nitrogen and oxygen atoms in total. The van der Waals surface area contributed by atoms with Crippen LogP contribution in [0.3, 0.4) is 0 Å². The molecular formula is C16H23N3. The normalized spacial score (nSPS) is 12.7. The Balaban J connectivity index is 2.40. The van der Waals surface area contributed by atoms with E-state index in [0.717, 1.165) is 17.2 Å². The van der Waals surface area contributed by atoms with Gasteiger partial charge in [0.05, 0.1) is 17.9 Å². The number of imidazole rings is 1. The maximum absolute atomic E-state index is 5.71. The van der Waals surface area contributed by atoms with Crippen molar-refractivity contribution in [1.82, 2.24) is 9.55 Å². The van der Waals surface area contributed by atoms with Gasteiger partial charge in [0.15, 0.2) is 0 Å². The first-order valence-corrected chi connectivity index (χ1v) is 6.91. The second-order valence-electron chi connectivity index (χ2n) is 5.16. The molecule has 2 N–H and O–H groups in total. The minimum Gasteiger partial charge on any atom is -0.330 e. The molecule has 3 heteroatoms. The van der Waals surface area contributed by atoms with Crippen LogP contribution in [0.4, 0.5) is 0 Å². The van der Waals surface area contributed by atoms with Crippen molar-refractivity contribution in [3.05, 3.63) is 41.3 Å². The van der Waals surface area contributed by atoms with Gasteiger partial charge < -0.3 is 10.3 Å². The summed E-state index contributed by atoms with van der Waals surface area (Å²) in [5.74, 6) is 1.54. The second-order valence-corrected chi connectivity index (χ2v) is 5.16. The molecule has 1 heterocycles. The average molecular weight is 257 g/mol. The first-order chi connectivity index (χ1) is 9.08. The SMILES string of the molecule is CCC(C)c1ccc(-c2c(C)nc(CN)n2C)cc1. The molecule has 102 valence electrons. The van der Waals surface area contributed by atoms with E-state index in [9.17, 15) is 0 Å². The van der Waals surface area contributed by atoms with Gasteiger partial charge in [-0.3, -0.25) is 0 Å². The molecule has 0 amide bonds. The molecular weight excluding hydrogens is 234 g/mol. The Labute approximate surface area is 115 Å². The summed E-state index contributed by atoms with van der Waals surface area (Å²) in [6.07, 6.45) is 1.17. The summed E-state index contributed by atoms with van der Waals surface area (Å²) in [5, 5.41) is 0. The van der Waals surface area contributed by atoms with Gasteiger partial charge >= 0.3 is 0 Å². The fourth-order valence-electron chi connectivity index (χ4n) is 2.48. The third kappa shape index (κ3) is 2.56. The molecule has 0 spiro atoms. The predicted molar refractivity (Wildman–Crippen MR) is 80.0 cm³/mol. The topological polar surface area (TPSA) is 43.8 Å². The second kappa shape index (κ2) is 5.57. The van der Waals surface area contributed by atoms with Gasteiger partial charge in [0, 0.05) is 12.6 Å². The molecule has 19 heavy (non-hydrogen) atoms. The molecule has 2 aromatic rings. The fraction of sp³-hybridized carbons (Fsp3) is 0.438. The van der Waals surface area contributed by atoms with Crippen LogP contribution in [0.15, 0.2) is 24.3 Å². The van der Waals surface area contributed by atoms with Crippen LogP contribution in [-0.2, 0) is 13.6 Å². The van der Waals surface area contributed by atoms with Gasteiger partial charge in [-0.05, 0) is 24.8 Å². The highest BCUT2D eigenvalue weighted by atomic mass is 15.1. The smallest absolute Gasteiger partial charge is 0.122 e. The van der Waals surface area contributed by atoms with E-state index in [1.807, 2.05) is 14.0 Å². The molecule has 0 aliphatic heterocycles. The molecule has 0 aliphatic rings. The Morgan fingerprint density at radius 3 is 2.37 bits per heavy atom. The predicted octanol–water partition coefficient (Wildman–Crippen LogP) is 3.37. The number of hydrogen-bond acceptors (Lipinski definition) is 2. The zero-order chi connectivity index (χ0) is 14.0. The lowest BCUT2D eigenvalue weighted by Gasteiger charge is -2.11. The highest BCUT2D eigenvalue weighted by molar-refractivity contribution is 5.63. The number of hydrogen-bond donors (Lipinski definition) is 1. The van der Waals surface area contributed by atoms with Crippen LogP contribution in [0.1, 0.15) is 43.3 Å². The highest BCUT2D eigenvalue weighted by Gasteiger charge is 2.12. The highest BCUT2D eigenvalue weighted by Crippen LogP contribution is 2.26. The molecule has 1 atom stereocenters. The van der Waals surface area contributed by atoms with Crippen molar-refractivity contribution in [2.24, 2.45) is 12.8 Å². The van der Waals surface area contributed by atoms with Crippen LogP contribution >= 0.6 is 0 Å². The third-order valence-corrected chi connectivity index (χ3v) is 3.91. The first kappa shape index (κ1) is 13.8. The Hall–Kier alpha value is -1.61. The van der Waals surface area contributed by atoms with E-state index in [1.54, 1.807) is 0 Å². The third-order valence-electron chi connectivity index (χ3n) is 3.91. The monoisotopic (exact) mass is 257 g/mol. The Kier molecular flexibility index (Phi) is 4.05. The fourth-order valence-corrected chi connectivity index (χ4v) is 2.48. The lowest BCUT2D eigenvalue weighted by atomic mass is 9.97. The summed E-state index contributed by atoms with van der Waals surface area (Å²) in [6, 6.07) is 8.81. The molecule has 1 unspecified atom stereocenters. The van der Waals surface area contributed by atoms with Crippen LogP contribution < -0.4 is 5.73 Å². The quantitative estimate of drug-likeness (QED) is 0.912. The molecule has 0 aliphatic carbocycles. The Bertz CT molecular complexity index is 552. The molecule has 2 rings (SSSR count). The zero-order valence-corrected chi connectivity index (χ0v) is 12.3. The minimum absolute atomic E-state index is 0.474. The Morgan fingerprint density at radius 2 is 1.89 bits per heavy atom. The number of benzene rings is 1. The van der Waals surface area contributed by atoms with Crippen molar-refractivity contribution >= 4 is 0 Å². The van der Waals surface area contributed by atoms with Crippen LogP contribution in [0.5, 0.6) is 0 Å². The number of aryl methyl sites for hydroxylation is 1. The van der Waals surface area contributed by atoms with E-state index in [2.05, 4.69) is 47.7 Å². The zero-order valence-electron chi connectivity index (χ0n) is 12.3. The number of nitrogens with zero attached hydrogens (tertiary/aromatic N) is 2. The molecule has 0 saturated carbocycles. The maximum atomic E-state index is 5.71. The Morgan fingerprint density at radius 1 is 1.26 bits per heavy atom.